The Labute approximate surface area is 212 Å². The summed E-state index contributed by atoms with van der Waals surface area (Å²) in [5.41, 5.74) is 2.56. The molecule has 8 heteroatoms. The van der Waals surface area contributed by atoms with Crippen LogP contribution in [0, 0.1) is 5.82 Å². The molecule has 1 N–H and O–H groups in total. The van der Waals surface area contributed by atoms with Crippen LogP contribution in [-0.4, -0.2) is 64.9 Å². The van der Waals surface area contributed by atoms with Gasteiger partial charge in [-0.25, -0.2) is 9.07 Å². The Kier molecular flexibility index (Phi) is 9.47. The predicted molar refractivity (Wildman–Crippen MR) is 136 cm³/mol. The molecule has 0 amide bonds. The van der Waals surface area contributed by atoms with Crippen LogP contribution in [0.3, 0.4) is 0 Å². The standard InChI is InChI=1S/C28H36FN3O4/c1-3-26-24(19-31(17-22(33)20-34-4-2)18-23-13-10-16-35-23)28(36-27-15-9-8-14-25(27)29)32(30-26)21-11-6-5-7-12-21/h5-9,11-12,14-15,22-23,33H,3-4,10,13,16-20H2,1-2H3. The van der Waals surface area contributed by atoms with Gasteiger partial charge in [-0.05, 0) is 50.5 Å². The van der Waals surface area contributed by atoms with Crippen molar-refractivity contribution in [3.05, 3.63) is 71.7 Å². The van der Waals surface area contributed by atoms with Gasteiger partial charge < -0.3 is 19.3 Å². The zero-order chi connectivity index (χ0) is 25.3. The molecule has 1 aromatic heterocycles. The van der Waals surface area contributed by atoms with Crippen LogP contribution in [0.15, 0.2) is 54.6 Å². The van der Waals surface area contributed by atoms with Crippen LogP contribution in [0.5, 0.6) is 11.6 Å². The molecule has 1 aliphatic heterocycles. The number of nitrogens with zero attached hydrogens (tertiary/aromatic N) is 3. The average molecular weight is 498 g/mol. The predicted octanol–water partition coefficient (Wildman–Crippen LogP) is 4.74. The number of ether oxygens (including phenoxy) is 3. The average Bonchev–Trinajstić information content (AvgIpc) is 3.52. The molecular formula is C28H36FN3O4. The lowest BCUT2D eigenvalue weighted by Gasteiger charge is -2.27. The van der Waals surface area contributed by atoms with Crippen molar-refractivity contribution < 1.29 is 23.7 Å². The van der Waals surface area contributed by atoms with Crippen molar-refractivity contribution in [1.82, 2.24) is 14.7 Å². The Hall–Kier alpha value is -2.78. The molecule has 2 aromatic carbocycles. The first-order valence-electron chi connectivity index (χ1n) is 12.8. The van der Waals surface area contributed by atoms with E-state index in [2.05, 4.69) is 4.90 Å². The minimum Gasteiger partial charge on any atom is -0.435 e. The van der Waals surface area contributed by atoms with E-state index in [0.717, 1.165) is 36.4 Å². The molecular weight excluding hydrogens is 461 g/mol. The molecule has 0 radical (unpaired) electrons. The SMILES string of the molecule is CCOCC(O)CN(Cc1c(CC)nn(-c2ccccc2)c1Oc1ccccc1F)CC1CCCO1. The van der Waals surface area contributed by atoms with Gasteiger partial charge >= 0.3 is 0 Å². The lowest BCUT2D eigenvalue weighted by atomic mass is 10.1. The third-order valence-electron chi connectivity index (χ3n) is 6.25. The fourth-order valence-corrected chi connectivity index (χ4v) is 4.51. The fourth-order valence-electron chi connectivity index (χ4n) is 4.51. The maximum Gasteiger partial charge on any atom is 0.227 e. The number of rotatable bonds is 13. The van der Waals surface area contributed by atoms with E-state index in [0.29, 0.717) is 38.5 Å². The van der Waals surface area contributed by atoms with E-state index >= 15 is 0 Å². The molecule has 2 unspecified atom stereocenters. The van der Waals surface area contributed by atoms with Gasteiger partial charge in [0.1, 0.15) is 0 Å². The van der Waals surface area contributed by atoms with Gasteiger partial charge in [0.15, 0.2) is 11.6 Å². The van der Waals surface area contributed by atoms with Crippen LogP contribution < -0.4 is 4.74 Å². The third-order valence-corrected chi connectivity index (χ3v) is 6.25. The summed E-state index contributed by atoms with van der Waals surface area (Å²) < 4.78 is 33.9. The van der Waals surface area contributed by atoms with Gasteiger partial charge in [0.2, 0.25) is 5.88 Å². The highest BCUT2D eigenvalue weighted by molar-refractivity contribution is 5.44. The molecule has 2 heterocycles. The second-order valence-corrected chi connectivity index (χ2v) is 9.01. The summed E-state index contributed by atoms with van der Waals surface area (Å²) in [5, 5.41) is 15.5. The smallest absolute Gasteiger partial charge is 0.227 e. The number of halogens is 1. The van der Waals surface area contributed by atoms with Crippen LogP contribution in [0.2, 0.25) is 0 Å². The Morgan fingerprint density at radius 3 is 2.64 bits per heavy atom. The quantitative estimate of drug-likeness (QED) is 0.368. The first kappa shape index (κ1) is 26.3. The van der Waals surface area contributed by atoms with Gasteiger partial charge in [0, 0.05) is 32.8 Å². The molecule has 1 saturated heterocycles. The molecule has 7 nitrogen and oxygen atoms in total. The van der Waals surface area contributed by atoms with Crippen molar-refractivity contribution in [3.8, 4) is 17.3 Å². The Balaban J connectivity index is 1.70. The fraction of sp³-hybridized carbons (Fsp3) is 0.464. The topological polar surface area (TPSA) is 69.0 Å². The third kappa shape index (κ3) is 6.70. The number of aliphatic hydroxyl groups is 1. The number of aromatic nitrogens is 2. The summed E-state index contributed by atoms with van der Waals surface area (Å²) in [4.78, 5) is 2.17. The van der Waals surface area contributed by atoms with Crippen molar-refractivity contribution in [2.75, 3.05) is 32.9 Å². The van der Waals surface area contributed by atoms with Crippen LogP contribution in [0.1, 0.15) is 37.9 Å². The Morgan fingerprint density at radius 1 is 1.17 bits per heavy atom. The maximum absolute atomic E-state index is 14.6. The van der Waals surface area contributed by atoms with Crippen molar-refractivity contribution >= 4 is 0 Å². The van der Waals surface area contributed by atoms with E-state index in [1.54, 1.807) is 22.9 Å². The van der Waals surface area contributed by atoms with Crippen LogP contribution in [0.25, 0.3) is 5.69 Å². The molecule has 4 rings (SSSR count). The second-order valence-electron chi connectivity index (χ2n) is 9.01. The van der Waals surface area contributed by atoms with Crippen molar-refractivity contribution in [2.45, 2.75) is 51.9 Å². The minimum atomic E-state index is -0.642. The van der Waals surface area contributed by atoms with Crippen molar-refractivity contribution in [1.29, 1.82) is 0 Å². The normalized spacial score (nSPS) is 16.5. The molecule has 2 atom stereocenters. The highest BCUT2D eigenvalue weighted by Gasteiger charge is 2.27. The van der Waals surface area contributed by atoms with E-state index in [-0.39, 0.29) is 18.5 Å². The summed E-state index contributed by atoms with van der Waals surface area (Å²) in [5.74, 6) is 0.172. The van der Waals surface area contributed by atoms with Gasteiger partial charge in [-0.2, -0.15) is 5.10 Å². The molecule has 36 heavy (non-hydrogen) atoms. The molecule has 1 aliphatic rings. The summed E-state index contributed by atoms with van der Waals surface area (Å²) >= 11 is 0. The van der Waals surface area contributed by atoms with Gasteiger partial charge in [0.05, 0.1) is 35.8 Å². The zero-order valence-electron chi connectivity index (χ0n) is 21.1. The van der Waals surface area contributed by atoms with E-state index < -0.39 is 11.9 Å². The van der Waals surface area contributed by atoms with Gasteiger partial charge in [-0.15, -0.1) is 0 Å². The highest BCUT2D eigenvalue weighted by Crippen LogP contribution is 2.33. The summed E-state index contributed by atoms with van der Waals surface area (Å²) in [6.07, 6.45) is 2.16. The largest absolute Gasteiger partial charge is 0.435 e. The number of benzene rings is 2. The van der Waals surface area contributed by atoms with Crippen molar-refractivity contribution in [2.24, 2.45) is 0 Å². The molecule has 194 valence electrons. The highest BCUT2D eigenvalue weighted by atomic mass is 19.1. The molecule has 0 aliphatic carbocycles. The van der Waals surface area contributed by atoms with Gasteiger partial charge in [-0.3, -0.25) is 4.90 Å². The van der Waals surface area contributed by atoms with Crippen LogP contribution in [-0.2, 0) is 22.4 Å². The monoisotopic (exact) mass is 497 g/mol. The Morgan fingerprint density at radius 2 is 1.94 bits per heavy atom. The van der Waals surface area contributed by atoms with Crippen molar-refractivity contribution in [3.63, 3.8) is 0 Å². The molecule has 0 bridgehead atoms. The van der Waals surface area contributed by atoms with Crippen LogP contribution >= 0.6 is 0 Å². The summed E-state index contributed by atoms with van der Waals surface area (Å²) in [7, 11) is 0. The maximum atomic E-state index is 14.6. The summed E-state index contributed by atoms with van der Waals surface area (Å²) in [6, 6.07) is 16.1. The number of hydrogen-bond acceptors (Lipinski definition) is 6. The van der Waals surface area contributed by atoms with Gasteiger partial charge in [0.25, 0.3) is 0 Å². The number of para-hydroxylation sites is 2. The van der Waals surface area contributed by atoms with E-state index in [1.165, 1.54) is 6.07 Å². The minimum absolute atomic E-state index is 0.106. The molecule has 0 spiro atoms. The van der Waals surface area contributed by atoms with E-state index in [1.807, 2.05) is 44.2 Å². The zero-order valence-corrected chi connectivity index (χ0v) is 21.1. The Bertz CT molecular complexity index is 1090. The number of hydrogen-bond donors (Lipinski definition) is 1. The van der Waals surface area contributed by atoms with Gasteiger partial charge in [-0.1, -0.05) is 37.3 Å². The molecule has 1 fully saturated rings. The summed E-state index contributed by atoms with van der Waals surface area (Å²) in [6.45, 7) is 7.09. The lowest BCUT2D eigenvalue weighted by molar-refractivity contribution is 0.00496. The van der Waals surface area contributed by atoms with Crippen LogP contribution in [0.4, 0.5) is 4.39 Å². The first-order chi connectivity index (χ1) is 17.6. The number of aliphatic hydroxyl groups excluding tert-OH is 1. The molecule has 0 saturated carbocycles. The lowest BCUT2D eigenvalue weighted by Crippen LogP contribution is -2.39. The number of aryl methyl sites for hydroxylation is 1. The first-order valence-corrected chi connectivity index (χ1v) is 12.8. The second kappa shape index (κ2) is 13.0. The van der Waals surface area contributed by atoms with E-state index in [9.17, 15) is 9.50 Å². The van der Waals surface area contributed by atoms with E-state index in [4.69, 9.17) is 19.3 Å². The molecule has 3 aromatic rings.